The lowest BCUT2D eigenvalue weighted by molar-refractivity contribution is 0.836. The summed E-state index contributed by atoms with van der Waals surface area (Å²) in [5.41, 5.74) is 1.66. The molecule has 2 rings (SSSR count). The first-order chi connectivity index (χ1) is 6.35. The molecule has 0 fully saturated rings. The Bertz CT molecular complexity index is 540. The molecular weight excluding hydrogens is 166 g/mol. The number of hydrogen-bond donors (Lipinski definition) is 0. The van der Waals surface area contributed by atoms with Gasteiger partial charge in [0.1, 0.15) is 11.0 Å². The molecule has 0 aliphatic rings. The lowest BCUT2D eigenvalue weighted by Crippen LogP contribution is -1.89. The monoisotopic (exact) mass is 169 g/mol. The van der Waals surface area contributed by atoms with Crippen molar-refractivity contribution in [3.63, 3.8) is 0 Å². The predicted molar refractivity (Wildman–Crippen MR) is 43.3 cm³/mol. The van der Waals surface area contributed by atoms with Crippen molar-refractivity contribution in [1.82, 2.24) is 15.0 Å². The van der Waals surface area contributed by atoms with E-state index in [-0.39, 0.29) is 0 Å². The number of nitrogens with zero attached hydrogens (tertiary/aromatic N) is 5. The molecule has 1 aromatic heterocycles. The van der Waals surface area contributed by atoms with Gasteiger partial charge in [0, 0.05) is 0 Å². The molecular formula is C8H3N5. The largest absolute Gasteiger partial charge is 0.208 e. The summed E-state index contributed by atoms with van der Waals surface area (Å²) in [7, 11) is 0. The highest BCUT2D eigenvalue weighted by Crippen LogP contribution is 2.11. The SMILES string of the molecule is N#Cc1ccc2nnn(C#N)c2c1. The van der Waals surface area contributed by atoms with E-state index in [9.17, 15) is 0 Å². The summed E-state index contributed by atoms with van der Waals surface area (Å²) in [6.45, 7) is 0. The number of hydrogen-bond acceptors (Lipinski definition) is 4. The van der Waals surface area contributed by atoms with Crippen LogP contribution in [0.5, 0.6) is 0 Å². The van der Waals surface area contributed by atoms with E-state index in [0.29, 0.717) is 16.6 Å². The van der Waals surface area contributed by atoms with Gasteiger partial charge < -0.3 is 0 Å². The van der Waals surface area contributed by atoms with Crippen molar-refractivity contribution < 1.29 is 0 Å². The van der Waals surface area contributed by atoms with Crippen molar-refractivity contribution in [2.45, 2.75) is 0 Å². The van der Waals surface area contributed by atoms with Crippen molar-refractivity contribution >= 4 is 11.0 Å². The minimum Gasteiger partial charge on any atom is -0.192 e. The fourth-order valence-electron chi connectivity index (χ4n) is 1.06. The van der Waals surface area contributed by atoms with E-state index in [1.54, 1.807) is 18.2 Å². The molecule has 60 valence electrons. The number of aromatic nitrogens is 3. The fourth-order valence-corrected chi connectivity index (χ4v) is 1.06. The average Bonchev–Trinajstić information content (AvgIpc) is 2.59. The highest BCUT2D eigenvalue weighted by molar-refractivity contribution is 5.76. The molecule has 0 amide bonds. The Balaban J connectivity index is 2.83. The van der Waals surface area contributed by atoms with Crippen LogP contribution in [-0.4, -0.2) is 15.0 Å². The lowest BCUT2D eigenvalue weighted by Gasteiger charge is -1.88. The standard InChI is InChI=1S/C8H3N5/c9-4-6-1-2-7-8(3-6)13(5-10)12-11-7/h1-3H. The van der Waals surface area contributed by atoms with Gasteiger partial charge in [-0.05, 0) is 18.2 Å². The van der Waals surface area contributed by atoms with Crippen LogP contribution in [0, 0.1) is 22.8 Å². The van der Waals surface area contributed by atoms with Gasteiger partial charge in [-0.25, -0.2) is 0 Å². The van der Waals surface area contributed by atoms with Crippen LogP contribution in [0.4, 0.5) is 0 Å². The van der Waals surface area contributed by atoms with Gasteiger partial charge in [-0.1, -0.05) is 5.21 Å². The molecule has 0 atom stereocenters. The van der Waals surface area contributed by atoms with E-state index in [4.69, 9.17) is 10.5 Å². The maximum Gasteiger partial charge on any atom is 0.208 e. The van der Waals surface area contributed by atoms with Crippen molar-refractivity contribution in [1.29, 1.82) is 10.5 Å². The normalized spacial score (nSPS) is 9.38. The van der Waals surface area contributed by atoms with Crippen molar-refractivity contribution in [2.24, 2.45) is 0 Å². The van der Waals surface area contributed by atoms with Gasteiger partial charge in [0.25, 0.3) is 0 Å². The first kappa shape index (κ1) is 7.26. The van der Waals surface area contributed by atoms with Crippen LogP contribution < -0.4 is 0 Å². The third kappa shape index (κ3) is 0.996. The van der Waals surface area contributed by atoms with Gasteiger partial charge in [-0.2, -0.15) is 10.5 Å². The van der Waals surface area contributed by atoms with Gasteiger partial charge in [0.2, 0.25) is 6.19 Å². The Kier molecular flexibility index (Phi) is 1.44. The molecule has 13 heavy (non-hydrogen) atoms. The molecule has 2 aromatic rings. The second-order valence-corrected chi connectivity index (χ2v) is 2.42. The van der Waals surface area contributed by atoms with Crippen LogP contribution in [0.15, 0.2) is 18.2 Å². The molecule has 0 bridgehead atoms. The lowest BCUT2D eigenvalue weighted by atomic mass is 10.2. The van der Waals surface area contributed by atoms with E-state index in [1.165, 1.54) is 0 Å². The van der Waals surface area contributed by atoms with Gasteiger partial charge >= 0.3 is 0 Å². The van der Waals surface area contributed by atoms with Crippen LogP contribution in [0.3, 0.4) is 0 Å². The van der Waals surface area contributed by atoms with E-state index in [1.807, 2.05) is 12.3 Å². The minimum absolute atomic E-state index is 0.492. The maximum absolute atomic E-state index is 8.62. The zero-order valence-electron chi connectivity index (χ0n) is 6.47. The van der Waals surface area contributed by atoms with Crippen molar-refractivity contribution in [2.75, 3.05) is 0 Å². The molecule has 1 heterocycles. The molecule has 5 nitrogen and oxygen atoms in total. The zero-order chi connectivity index (χ0) is 9.26. The summed E-state index contributed by atoms with van der Waals surface area (Å²) in [4.78, 5) is 0. The molecule has 0 aliphatic carbocycles. The summed E-state index contributed by atoms with van der Waals surface area (Å²) in [6, 6.07) is 6.86. The number of rotatable bonds is 0. The number of nitriles is 2. The van der Waals surface area contributed by atoms with Gasteiger partial charge in [0.05, 0.1) is 11.6 Å². The number of benzene rings is 1. The Labute approximate surface area is 73.4 Å². The van der Waals surface area contributed by atoms with Gasteiger partial charge in [-0.3, -0.25) is 0 Å². The third-order valence-electron chi connectivity index (χ3n) is 1.67. The highest BCUT2D eigenvalue weighted by Gasteiger charge is 2.03. The summed E-state index contributed by atoms with van der Waals surface area (Å²) in [5, 5.41) is 24.6. The Morgan fingerprint density at radius 2 is 2.15 bits per heavy atom. The predicted octanol–water partition coefficient (Wildman–Crippen LogP) is 0.632. The van der Waals surface area contributed by atoms with Crippen LogP contribution >= 0.6 is 0 Å². The van der Waals surface area contributed by atoms with E-state index >= 15 is 0 Å². The summed E-state index contributed by atoms with van der Waals surface area (Å²) >= 11 is 0. The molecule has 5 heteroatoms. The molecule has 1 aromatic carbocycles. The maximum atomic E-state index is 8.62. The van der Waals surface area contributed by atoms with E-state index < -0.39 is 0 Å². The zero-order valence-corrected chi connectivity index (χ0v) is 6.47. The Morgan fingerprint density at radius 1 is 1.31 bits per heavy atom. The summed E-state index contributed by atoms with van der Waals surface area (Å²) in [6.07, 6.45) is 1.83. The molecule has 0 unspecified atom stereocenters. The Hall–Kier alpha value is -2.40. The fraction of sp³-hybridized carbons (Fsp3) is 0. The Morgan fingerprint density at radius 3 is 2.85 bits per heavy atom. The first-order valence-electron chi connectivity index (χ1n) is 3.51. The van der Waals surface area contributed by atoms with Gasteiger partial charge in [0.15, 0.2) is 0 Å². The van der Waals surface area contributed by atoms with Crippen LogP contribution in [0.1, 0.15) is 5.56 Å². The molecule has 0 N–H and O–H groups in total. The molecule has 0 radical (unpaired) electrons. The second kappa shape index (κ2) is 2.58. The van der Waals surface area contributed by atoms with E-state index in [0.717, 1.165) is 4.68 Å². The van der Waals surface area contributed by atoms with Crippen LogP contribution in [0.2, 0.25) is 0 Å². The van der Waals surface area contributed by atoms with Crippen molar-refractivity contribution in [3.8, 4) is 12.3 Å². The highest BCUT2D eigenvalue weighted by atomic mass is 15.4. The van der Waals surface area contributed by atoms with Crippen LogP contribution in [0.25, 0.3) is 11.0 Å². The van der Waals surface area contributed by atoms with Gasteiger partial charge in [-0.15, -0.1) is 9.78 Å². The quantitative estimate of drug-likeness (QED) is 0.579. The summed E-state index contributed by atoms with van der Waals surface area (Å²) in [5.74, 6) is 0. The molecule has 0 saturated carbocycles. The number of fused-ring (bicyclic) bond motifs is 1. The minimum atomic E-state index is 0.492. The van der Waals surface area contributed by atoms with Crippen LogP contribution in [-0.2, 0) is 0 Å². The first-order valence-corrected chi connectivity index (χ1v) is 3.51. The molecule has 0 spiro atoms. The molecule has 0 saturated heterocycles. The smallest absolute Gasteiger partial charge is 0.192 e. The second-order valence-electron chi connectivity index (χ2n) is 2.42. The van der Waals surface area contributed by atoms with E-state index in [2.05, 4.69) is 10.3 Å². The third-order valence-corrected chi connectivity index (χ3v) is 1.67. The average molecular weight is 169 g/mol. The molecule has 0 aliphatic heterocycles. The summed E-state index contributed by atoms with van der Waals surface area (Å²) < 4.78 is 1.08. The topological polar surface area (TPSA) is 78.3 Å². The van der Waals surface area contributed by atoms with Crippen molar-refractivity contribution in [3.05, 3.63) is 23.8 Å².